The quantitative estimate of drug-likeness (QED) is 0.0222. The molecule has 0 aromatic heterocycles. The largest absolute Gasteiger partial charge is 0.472 e. The van der Waals surface area contributed by atoms with Crippen molar-refractivity contribution in [2.24, 2.45) is 23.7 Å². The average molecular weight is 1540 g/mol. The van der Waals surface area contributed by atoms with E-state index in [2.05, 4.69) is 55.4 Å². The summed E-state index contributed by atoms with van der Waals surface area (Å²) in [4.78, 5) is 73.2. The van der Waals surface area contributed by atoms with Gasteiger partial charge in [0.2, 0.25) is 0 Å². The van der Waals surface area contributed by atoms with E-state index in [1.54, 1.807) is 0 Å². The number of unbranched alkanes of at least 4 members (excludes halogenated alkanes) is 48. The Bertz CT molecular complexity index is 2040. The van der Waals surface area contributed by atoms with Crippen LogP contribution in [-0.4, -0.2) is 96.7 Å². The number of carbonyl (C=O) groups excluding carboxylic acids is 4. The van der Waals surface area contributed by atoms with E-state index in [0.717, 1.165) is 114 Å². The van der Waals surface area contributed by atoms with Crippen LogP contribution in [-0.2, 0) is 65.4 Å². The molecule has 0 spiro atoms. The van der Waals surface area contributed by atoms with Crippen LogP contribution in [0.3, 0.4) is 0 Å². The Morgan fingerprint density at radius 2 is 0.457 bits per heavy atom. The topological polar surface area (TPSA) is 237 Å². The summed E-state index contributed by atoms with van der Waals surface area (Å²) < 4.78 is 68.9. The molecule has 17 nitrogen and oxygen atoms in total. The fraction of sp³-hybridized carbons (Fsp3) is 0.953. The van der Waals surface area contributed by atoms with E-state index in [4.69, 9.17) is 37.0 Å². The Morgan fingerprint density at radius 1 is 0.267 bits per heavy atom. The molecular weight excluding hydrogens is 1370 g/mol. The predicted octanol–water partition coefficient (Wildman–Crippen LogP) is 25.9. The fourth-order valence-corrected chi connectivity index (χ4v) is 14.9. The van der Waals surface area contributed by atoms with Crippen molar-refractivity contribution in [1.29, 1.82) is 0 Å². The van der Waals surface area contributed by atoms with Crippen LogP contribution < -0.4 is 0 Å². The highest BCUT2D eigenvalue weighted by atomic mass is 31.2. The van der Waals surface area contributed by atoms with Crippen molar-refractivity contribution in [3.63, 3.8) is 0 Å². The van der Waals surface area contributed by atoms with Crippen molar-refractivity contribution in [2.45, 2.75) is 465 Å². The lowest BCUT2D eigenvalue weighted by Crippen LogP contribution is -2.30. The van der Waals surface area contributed by atoms with Crippen molar-refractivity contribution >= 4 is 39.5 Å². The van der Waals surface area contributed by atoms with E-state index >= 15 is 0 Å². The molecule has 0 saturated carbocycles. The van der Waals surface area contributed by atoms with E-state index < -0.39 is 97.5 Å². The van der Waals surface area contributed by atoms with E-state index in [-0.39, 0.29) is 25.7 Å². The Kier molecular flexibility index (Phi) is 73.4. The van der Waals surface area contributed by atoms with Gasteiger partial charge in [-0.1, -0.05) is 396 Å². The van der Waals surface area contributed by atoms with Crippen LogP contribution in [0.25, 0.3) is 0 Å². The first-order chi connectivity index (χ1) is 50.6. The van der Waals surface area contributed by atoms with Crippen molar-refractivity contribution in [3.8, 4) is 0 Å². The molecule has 0 aliphatic heterocycles. The first kappa shape index (κ1) is 103. The molecule has 0 bridgehead atoms. The van der Waals surface area contributed by atoms with Gasteiger partial charge in [0.05, 0.1) is 26.4 Å². The van der Waals surface area contributed by atoms with Gasteiger partial charge in [0.15, 0.2) is 12.2 Å². The lowest BCUT2D eigenvalue weighted by molar-refractivity contribution is -0.161. The number of aliphatic hydroxyl groups is 1. The van der Waals surface area contributed by atoms with Gasteiger partial charge in [-0.25, -0.2) is 9.13 Å². The van der Waals surface area contributed by atoms with Gasteiger partial charge in [0.25, 0.3) is 0 Å². The Balaban J connectivity index is 5.24. The molecule has 0 aromatic rings. The molecule has 0 radical (unpaired) electrons. The molecule has 0 aliphatic rings. The SMILES string of the molecule is CCC(C)CCCCCCCCCCCCCCCCC(=O)OC[C@H](COP(=O)(O)OCC(O)COP(=O)(O)OC[C@@H](COC(=O)CCCCCCCCCC(C)C)OC(=O)CCCCCCCCCCCCCCCC(C)C)OC(=O)CCCCCCCCCCCCCCCCCCCCC(C)C. The first-order valence-electron chi connectivity index (χ1n) is 44.2. The number of rotatable bonds is 83. The van der Waals surface area contributed by atoms with Crippen LogP contribution in [0, 0.1) is 23.7 Å². The normalized spacial score (nSPS) is 14.2. The molecule has 105 heavy (non-hydrogen) atoms. The first-order valence-corrected chi connectivity index (χ1v) is 47.2. The molecule has 0 saturated heterocycles. The monoisotopic (exact) mass is 1540 g/mol. The highest BCUT2D eigenvalue weighted by Gasteiger charge is 2.31. The van der Waals surface area contributed by atoms with E-state index in [1.807, 2.05) is 0 Å². The summed E-state index contributed by atoms with van der Waals surface area (Å²) in [6, 6.07) is 0. The lowest BCUT2D eigenvalue weighted by atomic mass is 9.99. The van der Waals surface area contributed by atoms with Crippen LogP contribution in [0.5, 0.6) is 0 Å². The number of phosphoric ester groups is 2. The molecule has 0 aliphatic carbocycles. The number of aliphatic hydroxyl groups excluding tert-OH is 1. The van der Waals surface area contributed by atoms with Gasteiger partial charge in [-0.05, 0) is 49.4 Å². The van der Waals surface area contributed by atoms with Gasteiger partial charge in [-0.3, -0.25) is 37.3 Å². The Morgan fingerprint density at radius 3 is 0.676 bits per heavy atom. The third kappa shape index (κ3) is 78.5. The van der Waals surface area contributed by atoms with Gasteiger partial charge in [0.1, 0.15) is 19.3 Å². The number of hydrogen-bond donors (Lipinski definition) is 3. The minimum atomic E-state index is -4.97. The highest BCUT2D eigenvalue weighted by molar-refractivity contribution is 7.47. The van der Waals surface area contributed by atoms with Gasteiger partial charge in [0, 0.05) is 25.7 Å². The molecule has 4 unspecified atom stereocenters. The minimum Gasteiger partial charge on any atom is -0.462 e. The van der Waals surface area contributed by atoms with Crippen LogP contribution in [0.2, 0.25) is 0 Å². The standard InChI is InChI=1S/C86H168O17P2/c1-9-79(8)65-57-49-41-33-27-21-16-17-22-28-34-42-50-58-66-83(88)96-72-81(102-85(90)68-60-52-43-35-29-23-15-13-11-10-12-14-19-25-31-38-46-54-62-76(2)3)74-100-104(92,93)98-70-80(87)71-99-105(94,95)101-75-82(73-97-84(89)67-59-51-45-37-40-48-56-64-78(6)7)103-86(91)69-61-53-44-36-30-24-18-20-26-32-39-47-55-63-77(4)5/h76-82,87H,9-75H2,1-8H3,(H,92,93)(H,94,95)/t79?,80?,81-,82-/m1/s1. The van der Waals surface area contributed by atoms with E-state index in [0.29, 0.717) is 31.6 Å². The molecule has 0 aromatic carbocycles. The van der Waals surface area contributed by atoms with Crippen molar-refractivity contribution < 1.29 is 80.2 Å². The van der Waals surface area contributed by atoms with Crippen LogP contribution in [0.15, 0.2) is 0 Å². The second kappa shape index (κ2) is 74.8. The molecule has 0 amide bonds. The van der Waals surface area contributed by atoms with Crippen molar-refractivity contribution in [1.82, 2.24) is 0 Å². The lowest BCUT2D eigenvalue weighted by Gasteiger charge is -2.21. The van der Waals surface area contributed by atoms with E-state index in [1.165, 1.54) is 244 Å². The summed E-state index contributed by atoms with van der Waals surface area (Å²) in [6.45, 7) is 14.3. The number of ether oxygens (including phenoxy) is 4. The molecule has 624 valence electrons. The fourth-order valence-electron chi connectivity index (χ4n) is 13.3. The van der Waals surface area contributed by atoms with Gasteiger partial charge in [-0.15, -0.1) is 0 Å². The molecule has 6 atom stereocenters. The smallest absolute Gasteiger partial charge is 0.462 e. The minimum absolute atomic E-state index is 0.106. The second-order valence-electron chi connectivity index (χ2n) is 32.6. The Hall–Kier alpha value is -1.94. The van der Waals surface area contributed by atoms with Crippen LogP contribution >= 0.6 is 15.6 Å². The maximum Gasteiger partial charge on any atom is 0.472 e. The summed E-state index contributed by atoms with van der Waals surface area (Å²) in [5.74, 6) is 1.05. The molecule has 19 heteroatoms. The molecule has 3 N–H and O–H groups in total. The number of esters is 4. The van der Waals surface area contributed by atoms with Gasteiger partial charge in [-0.2, -0.15) is 0 Å². The Labute approximate surface area is 645 Å². The van der Waals surface area contributed by atoms with Gasteiger partial charge < -0.3 is 33.8 Å². The van der Waals surface area contributed by atoms with Crippen molar-refractivity contribution in [3.05, 3.63) is 0 Å². The van der Waals surface area contributed by atoms with Crippen LogP contribution in [0.1, 0.15) is 447 Å². The zero-order valence-corrected chi connectivity index (χ0v) is 71.2. The molecule has 0 rings (SSSR count). The number of carbonyl (C=O) groups is 4. The highest BCUT2D eigenvalue weighted by Crippen LogP contribution is 2.45. The molecule has 0 fully saturated rings. The maximum atomic E-state index is 13.1. The van der Waals surface area contributed by atoms with E-state index in [9.17, 15) is 43.2 Å². The predicted molar refractivity (Wildman–Crippen MR) is 432 cm³/mol. The summed E-state index contributed by atoms with van der Waals surface area (Å²) in [6.07, 6.45) is 63.9. The summed E-state index contributed by atoms with van der Waals surface area (Å²) in [5, 5.41) is 10.7. The number of phosphoric acid groups is 2. The van der Waals surface area contributed by atoms with Crippen LogP contribution in [0.4, 0.5) is 0 Å². The molecular formula is C86H168O17P2. The average Bonchev–Trinajstić information content (AvgIpc) is 0.910. The summed E-state index contributed by atoms with van der Waals surface area (Å²) in [5.41, 5.74) is 0. The molecule has 0 heterocycles. The third-order valence-corrected chi connectivity index (χ3v) is 22.3. The summed E-state index contributed by atoms with van der Waals surface area (Å²) >= 11 is 0. The second-order valence-corrected chi connectivity index (χ2v) is 35.5. The third-order valence-electron chi connectivity index (χ3n) is 20.4. The zero-order valence-electron chi connectivity index (χ0n) is 69.4. The van der Waals surface area contributed by atoms with Gasteiger partial charge >= 0.3 is 39.5 Å². The zero-order chi connectivity index (χ0) is 77.4. The maximum absolute atomic E-state index is 13.1. The number of hydrogen-bond acceptors (Lipinski definition) is 15. The van der Waals surface area contributed by atoms with Crippen molar-refractivity contribution in [2.75, 3.05) is 39.6 Å². The summed E-state index contributed by atoms with van der Waals surface area (Å²) in [7, 11) is -9.93.